The molecule has 136 valence electrons. The van der Waals surface area contributed by atoms with Crippen LogP contribution in [-0.2, 0) is 0 Å². The lowest BCUT2D eigenvalue weighted by molar-refractivity contribution is 0.251. The summed E-state index contributed by atoms with van der Waals surface area (Å²) in [5.74, 6) is 0.482. The van der Waals surface area contributed by atoms with Crippen molar-refractivity contribution in [3.63, 3.8) is 0 Å². The van der Waals surface area contributed by atoms with Gasteiger partial charge in [-0.1, -0.05) is 30.3 Å². The fraction of sp³-hybridized carbons (Fsp3) is 0.0952. The van der Waals surface area contributed by atoms with E-state index in [0.29, 0.717) is 28.1 Å². The second-order valence-corrected chi connectivity index (χ2v) is 6.39. The van der Waals surface area contributed by atoms with Gasteiger partial charge < -0.3 is 15.3 Å². The van der Waals surface area contributed by atoms with Crippen LogP contribution in [0.3, 0.4) is 0 Å². The first kappa shape index (κ1) is 16.9. The Kier molecular flexibility index (Phi) is 3.77. The quantitative estimate of drug-likeness (QED) is 0.528. The number of fused-ring (bicyclic) bond motifs is 1. The van der Waals surface area contributed by atoms with E-state index in [-0.39, 0.29) is 5.75 Å². The van der Waals surface area contributed by atoms with Gasteiger partial charge in [0.1, 0.15) is 11.5 Å². The third-order valence-corrected chi connectivity index (χ3v) is 4.75. The molecule has 0 fully saturated rings. The van der Waals surface area contributed by atoms with Crippen molar-refractivity contribution in [1.29, 1.82) is 0 Å². The van der Waals surface area contributed by atoms with E-state index in [4.69, 9.17) is 10.2 Å². The number of carbonyl (C=O) groups excluding carboxylic acids is 1. The first-order valence-corrected chi connectivity index (χ1v) is 8.38. The van der Waals surface area contributed by atoms with Crippen molar-refractivity contribution in [2.75, 3.05) is 0 Å². The van der Waals surface area contributed by atoms with Crippen LogP contribution < -0.4 is 5.73 Å². The van der Waals surface area contributed by atoms with Crippen LogP contribution in [0.4, 0.5) is 9.18 Å². The van der Waals surface area contributed by atoms with Gasteiger partial charge in [-0.3, -0.25) is 4.57 Å². The van der Waals surface area contributed by atoms with E-state index < -0.39 is 12.0 Å². The fourth-order valence-corrected chi connectivity index (χ4v) is 3.59. The number of carbonyl (C=O) groups is 1. The zero-order valence-corrected chi connectivity index (χ0v) is 14.8. The Morgan fingerprint density at radius 2 is 1.74 bits per heavy atom. The standard InChI is InChI=1S/C21H17FN2O3/c1-11-17(12(2)27-20(11)22)19-18(13-7-9-14(25)10-8-13)15-5-3-4-6-16(15)24(19)21(23)26/h3-10,25H,1-2H3,(H2,23,26). The highest BCUT2D eigenvalue weighted by molar-refractivity contribution is 6.09. The predicted octanol–water partition coefficient (Wildman–Crippen LogP) is 4.96. The molecule has 0 aliphatic carbocycles. The first-order valence-electron chi connectivity index (χ1n) is 8.38. The zero-order chi connectivity index (χ0) is 19.3. The van der Waals surface area contributed by atoms with Crippen LogP contribution in [0, 0.1) is 19.9 Å². The van der Waals surface area contributed by atoms with Crippen molar-refractivity contribution in [1.82, 2.24) is 4.57 Å². The minimum absolute atomic E-state index is 0.126. The van der Waals surface area contributed by atoms with Crippen LogP contribution >= 0.6 is 0 Å². The maximum Gasteiger partial charge on any atom is 0.323 e. The summed E-state index contributed by atoms with van der Waals surface area (Å²) in [7, 11) is 0. The highest BCUT2D eigenvalue weighted by atomic mass is 19.1. The summed E-state index contributed by atoms with van der Waals surface area (Å²) >= 11 is 0. The molecule has 2 heterocycles. The van der Waals surface area contributed by atoms with Crippen molar-refractivity contribution >= 4 is 16.9 Å². The summed E-state index contributed by atoms with van der Waals surface area (Å²) in [5.41, 5.74) is 9.06. The number of para-hydroxylation sites is 1. The molecule has 0 spiro atoms. The molecule has 0 radical (unpaired) electrons. The molecule has 4 aromatic rings. The van der Waals surface area contributed by atoms with Crippen molar-refractivity contribution in [3.05, 3.63) is 65.9 Å². The van der Waals surface area contributed by atoms with Gasteiger partial charge in [-0.25, -0.2) is 4.79 Å². The molecule has 3 N–H and O–H groups in total. The average Bonchev–Trinajstić information content (AvgIpc) is 3.09. The molecular formula is C21H17FN2O3. The van der Waals surface area contributed by atoms with Crippen LogP contribution in [0.1, 0.15) is 11.3 Å². The summed E-state index contributed by atoms with van der Waals surface area (Å²) in [5, 5.41) is 10.4. The van der Waals surface area contributed by atoms with Crippen LogP contribution in [0.25, 0.3) is 33.3 Å². The second kappa shape index (κ2) is 6.02. The van der Waals surface area contributed by atoms with E-state index in [1.54, 1.807) is 44.2 Å². The molecule has 27 heavy (non-hydrogen) atoms. The molecule has 4 rings (SSSR count). The van der Waals surface area contributed by atoms with Crippen LogP contribution in [0.5, 0.6) is 5.75 Å². The lowest BCUT2D eigenvalue weighted by Gasteiger charge is -2.10. The maximum atomic E-state index is 14.1. The van der Waals surface area contributed by atoms with E-state index in [9.17, 15) is 14.3 Å². The van der Waals surface area contributed by atoms with Crippen molar-refractivity contribution < 1.29 is 18.7 Å². The summed E-state index contributed by atoms with van der Waals surface area (Å²) in [6.07, 6.45) is 0. The van der Waals surface area contributed by atoms with Crippen molar-refractivity contribution in [2.45, 2.75) is 13.8 Å². The van der Waals surface area contributed by atoms with E-state index in [1.165, 1.54) is 4.57 Å². The Morgan fingerprint density at radius 3 is 2.33 bits per heavy atom. The van der Waals surface area contributed by atoms with Crippen LogP contribution in [0.15, 0.2) is 52.9 Å². The van der Waals surface area contributed by atoms with Gasteiger partial charge >= 0.3 is 6.03 Å². The molecule has 0 atom stereocenters. The van der Waals surface area contributed by atoms with Gasteiger partial charge in [0.25, 0.3) is 6.01 Å². The Labute approximate surface area is 154 Å². The lowest BCUT2D eigenvalue weighted by atomic mass is 9.97. The van der Waals surface area contributed by atoms with Gasteiger partial charge in [-0.2, -0.15) is 4.39 Å². The highest BCUT2D eigenvalue weighted by Crippen LogP contribution is 2.44. The summed E-state index contributed by atoms with van der Waals surface area (Å²) in [6.45, 7) is 3.25. The number of phenols is 1. The monoisotopic (exact) mass is 364 g/mol. The molecule has 5 nitrogen and oxygen atoms in total. The number of aryl methyl sites for hydroxylation is 1. The normalized spacial score (nSPS) is 11.2. The molecular weight excluding hydrogens is 347 g/mol. The molecule has 0 aliphatic heterocycles. The number of amides is 1. The molecule has 2 aromatic carbocycles. The molecule has 0 unspecified atom stereocenters. The fourth-order valence-electron chi connectivity index (χ4n) is 3.59. The average molecular weight is 364 g/mol. The van der Waals surface area contributed by atoms with Gasteiger partial charge in [0.05, 0.1) is 11.2 Å². The van der Waals surface area contributed by atoms with E-state index in [0.717, 1.165) is 16.5 Å². The summed E-state index contributed by atoms with van der Waals surface area (Å²) in [6, 6.07) is 12.6. The first-order chi connectivity index (χ1) is 12.9. The third-order valence-electron chi connectivity index (χ3n) is 4.75. The van der Waals surface area contributed by atoms with Crippen LogP contribution in [-0.4, -0.2) is 15.7 Å². The molecule has 2 aromatic heterocycles. The number of furan rings is 1. The SMILES string of the molecule is Cc1oc(F)c(C)c1-c1c(-c2ccc(O)cc2)c2ccccc2n1C(N)=O. The van der Waals surface area contributed by atoms with Gasteiger partial charge in [-0.05, 0) is 37.6 Å². The minimum atomic E-state index is -0.694. The Hall–Kier alpha value is -3.54. The number of primary amides is 1. The number of nitrogens with two attached hydrogens (primary N) is 1. The smallest absolute Gasteiger partial charge is 0.323 e. The van der Waals surface area contributed by atoms with Crippen molar-refractivity contribution in [2.24, 2.45) is 5.73 Å². The molecule has 1 amide bonds. The Bertz CT molecular complexity index is 1190. The molecule has 6 heteroatoms. The zero-order valence-electron chi connectivity index (χ0n) is 14.8. The largest absolute Gasteiger partial charge is 0.508 e. The highest BCUT2D eigenvalue weighted by Gasteiger charge is 2.27. The Morgan fingerprint density at radius 1 is 1.07 bits per heavy atom. The van der Waals surface area contributed by atoms with Gasteiger partial charge in [-0.15, -0.1) is 0 Å². The number of nitrogens with zero attached hydrogens (tertiary/aromatic N) is 1. The molecule has 0 saturated carbocycles. The maximum absolute atomic E-state index is 14.1. The van der Waals surface area contributed by atoms with E-state index in [2.05, 4.69) is 0 Å². The van der Waals surface area contributed by atoms with Crippen molar-refractivity contribution in [3.8, 4) is 28.1 Å². The van der Waals surface area contributed by atoms with Gasteiger partial charge in [0.2, 0.25) is 0 Å². The van der Waals surface area contributed by atoms with Gasteiger partial charge in [0.15, 0.2) is 0 Å². The van der Waals surface area contributed by atoms with E-state index >= 15 is 0 Å². The molecule has 0 bridgehead atoms. The third kappa shape index (κ3) is 2.49. The summed E-state index contributed by atoms with van der Waals surface area (Å²) in [4.78, 5) is 12.4. The topological polar surface area (TPSA) is 81.4 Å². The number of phenolic OH excluding ortho intramolecular Hbond substituents is 1. The Balaban J connectivity index is 2.22. The molecule has 0 saturated heterocycles. The number of aromatic nitrogens is 1. The number of aromatic hydroxyl groups is 1. The number of hydrogen-bond donors (Lipinski definition) is 2. The minimum Gasteiger partial charge on any atom is -0.508 e. The number of halogens is 1. The van der Waals surface area contributed by atoms with E-state index in [1.807, 2.05) is 18.2 Å². The van der Waals surface area contributed by atoms with Crippen LogP contribution in [0.2, 0.25) is 0 Å². The number of rotatable bonds is 2. The lowest BCUT2D eigenvalue weighted by Crippen LogP contribution is -2.20. The van der Waals surface area contributed by atoms with Gasteiger partial charge in [0, 0.05) is 22.1 Å². The number of hydrogen-bond acceptors (Lipinski definition) is 3. The molecule has 0 aliphatic rings. The summed E-state index contributed by atoms with van der Waals surface area (Å²) < 4.78 is 20.7. The second-order valence-electron chi connectivity index (χ2n) is 6.39. The predicted molar refractivity (Wildman–Crippen MR) is 101 cm³/mol. The number of benzene rings is 2.